The number of hydrogen-bond acceptors (Lipinski definition) is 3. The molecule has 0 saturated heterocycles. The minimum atomic E-state index is 0.171. The van der Waals surface area contributed by atoms with Gasteiger partial charge in [0.15, 0.2) is 5.78 Å². The van der Waals surface area contributed by atoms with Gasteiger partial charge in [-0.15, -0.1) is 11.8 Å². The first-order valence-corrected chi connectivity index (χ1v) is 10.0. The molecule has 0 bridgehead atoms. The molecule has 1 aromatic carbocycles. The predicted octanol–water partition coefficient (Wildman–Crippen LogP) is 5.74. The third-order valence-electron chi connectivity index (χ3n) is 4.65. The van der Waals surface area contributed by atoms with Crippen molar-refractivity contribution in [3.63, 3.8) is 0 Å². The SMILES string of the molecule is CCC(CN(CC)/C(C)=C(\SCc1ccccc1)C(C)=O)C(C)C. The van der Waals surface area contributed by atoms with Gasteiger partial charge in [-0.3, -0.25) is 4.79 Å². The Labute approximate surface area is 152 Å². The van der Waals surface area contributed by atoms with Crippen molar-refractivity contribution in [1.29, 1.82) is 0 Å². The molecule has 0 amide bonds. The van der Waals surface area contributed by atoms with E-state index >= 15 is 0 Å². The largest absolute Gasteiger partial charge is 0.374 e. The van der Waals surface area contributed by atoms with Gasteiger partial charge in [0.25, 0.3) is 0 Å². The Hall–Kier alpha value is -1.22. The molecule has 24 heavy (non-hydrogen) atoms. The van der Waals surface area contributed by atoms with Crippen molar-refractivity contribution >= 4 is 17.5 Å². The molecule has 0 radical (unpaired) electrons. The van der Waals surface area contributed by atoms with E-state index in [-0.39, 0.29) is 5.78 Å². The lowest BCUT2D eigenvalue weighted by atomic mass is 9.92. The van der Waals surface area contributed by atoms with E-state index < -0.39 is 0 Å². The average molecular weight is 348 g/mol. The van der Waals surface area contributed by atoms with Crippen molar-refractivity contribution in [2.75, 3.05) is 13.1 Å². The Bertz CT molecular complexity index is 536. The van der Waals surface area contributed by atoms with Crippen LogP contribution in [-0.4, -0.2) is 23.8 Å². The van der Waals surface area contributed by atoms with E-state index in [2.05, 4.69) is 51.7 Å². The van der Waals surface area contributed by atoms with Crippen molar-refractivity contribution in [2.24, 2.45) is 11.8 Å². The van der Waals surface area contributed by atoms with Crippen LogP contribution < -0.4 is 0 Å². The van der Waals surface area contributed by atoms with Gasteiger partial charge in [-0.05, 0) is 38.2 Å². The summed E-state index contributed by atoms with van der Waals surface area (Å²) in [6, 6.07) is 10.4. The number of carbonyl (C=O) groups excluding carboxylic acids is 1. The Kier molecular flexibility index (Phi) is 9.20. The number of nitrogens with zero attached hydrogens (tertiary/aromatic N) is 1. The van der Waals surface area contributed by atoms with Crippen molar-refractivity contribution in [3.05, 3.63) is 46.5 Å². The minimum absolute atomic E-state index is 0.171. The van der Waals surface area contributed by atoms with E-state index in [1.54, 1.807) is 18.7 Å². The van der Waals surface area contributed by atoms with Gasteiger partial charge in [0, 0.05) is 24.5 Å². The molecular weight excluding hydrogens is 314 g/mol. The highest BCUT2D eigenvalue weighted by atomic mass is 32.2. The van der Waals surface area contributed by atoms with Crippen LogP contribution in [0.5, 0.6) is 0 Å². The fourth-order valence-electron chi connectivity index (χ4n) is 2.93. The number of carbonyl (C=O) groups is 1. The Morgan fingerprint density at radius 1 is 1.12 bits per heavy atom. The first kappa shape index (κ1) is 20.8. The van der Waals surface area contributed by atoms with Gasteiger partial charge in [-0.1, -0.05) is 57.5 Å². The summed E-state index contributed by atoms with van der Waals surface area (Å²) in [4.78, 5) is 15.5. The van der Waals surface area contributed by atoms with E-state index in [1.165, 1.54) is 12.0 Å². The van der Waals surface area contributed by atoms with Crippen LogP contribution in [0.25, 0.3) is 0 Å². The first-order chi connectivity index (χ1) is 11.4. The van der Waals surface area contributed by atoms with Gasteiger partial charge in [0.1, 0.15) is 0 Å². The zero-order chi connectivity index (χ0) is 18.1. The zero-order valence-electron chi connectivity index (χ0n) is 16.1. The van der Waals surface area contributed by atoms with Crippen molar-refractivity contribution in [1.82, 2.24) is 4.90 Å². The Balaban J connectivity index is 2.92. The molecule has 0 aliphatic rings. The first-order valence-electron chi connectivity index (χ1n) is 9.04. The zero-order valence-corrected chi connectivity index (χ0v) is 17.0. The number of benzene rings is 1. The number of hydrogen-bond donors (Lipinski definition) is 0. The molecule has 2 nitrogen and oxygen atoms in total. The van der Waals surface area contributed by atoms with Crippen LogP contribution in [0, 0.1) is 11.8 Å². The standard InChI is InChI=1S/C21H33NOS/c1-7-20(16(3)4)14-22(8-2)17(5)21(18(6)23)24-15-19-12-10-9-11-13-19/h9-13,16,20H,7-8,14-15H2,1-6H3/b21-17-. The molecule has 0 saturated carbocycles. The van der Waals surface area contributed by atoms with Crippen molar-refractivity contribution in [2.45, 2.75) is 53.7 Å². The topological polar surface area (TPSA) is 20.3 Å². The maximum atomic E-state index is 12.2. The highest BCUT2D eigenvalue weighted by Gasteiger charge is 2.19. The third-order valence-corrected chi connectivity index (χ3v) is 6.00. The Morgan fingerprint density at radius 2 is 1.75 bits per heavy atom. The van der Waals surface area contributed by atoms with Gasteiger partial charge >= 0.3 is 0 Å². The molecule has 3 heteroatoms. The van der Waals surface area contributed by atoms with Crippen LogP contribution in [0.4, 0.5) is 0 Å². The fourth-order valence-corrected chi connectivity index (χ4v) is 3.98. The van der Waals surface area contributed by atoms with Crippen LogP contribution >= 0.6 is 11.8 Å². The maximum Gasteiger partial charge on any atom is 0.167 e. The van der Waals surface area contributed by atoms with Gasteiger partial charge in [-0.25, -0.2) is 0 Å². The number of allylic oxidation sites excluding steroid dienone is 2. The van der Waals surface area contributed by atoms with Crippen molar-refractivity contribution in [3.8, 4) is 0 Å². The van der Waals surface area contributed by atoms with Crippen LogP contribution in [0.2, 0.25) is 0 Å². The highest BCUT2D eigenvalue weighted by Crippen LogP contribution is 2.28. The molecule has 1 unspecified atom stereocenters. The summed E-state index contributed by atoms with van der Waals surface area (Å²) in [5.41, 5.74) is 2.38. The van der Waals surface area contributed by atoms with Crippen LogP contribution in [0.15, 0.2) is 40.9 Å². The molecule has 1 rings (SSSR count). The summed E-state index contributed by atoms with van der Waals surface area (Å²) >= 11 is 1.67. The van der Waals surface area contributed by atoms with Crippen LogP contribution in [0.1, 0.15) is 53.5 Å². The summed E-state index contributed by atoms with van der Waals surface area (Å²) in [6.45, 7) is 14.8. The second kappa shape index (κ2) is 10.6. The van der Waals surface area contributed by atoms with E-state index in [4.69, 9.17) is 0 Å². The summed E-state index contributed by atoms with van der Waals surface area (Å²) in [5.74, 6) is 2.33. The number of thioether (sulfide) groups is 1. The van der Waals surface area contributed by atoms with Gasteiger partial charge in [0.2, 0.25) is 0 Å². The molecule has 0 spiro atoms. The molecule has 0 fully saturated rings. The third kappa shape index (κ3) is 6.35. The van der Waals surface area contributed by atoms with Crippen LogP contribution in [0.3, 0.4) is 0 Å². The van der Waals surface area contributed by atoms with E-state index in [0.29, 0.717) is 11.8 Å². The molecule has 0 aliphatic carbocycles. The average Bonchev–Trinajstić information content (AvgIpc) is 2.56. The Morgan fingerprint density at radius 3 is 2.21 bits per heavy atom. The smallest absolute Gasteiger partial charge is 0.167 e. The lowest BCUT2D eigenvalue weighted by Crippen LogP contribution is -2.31. The summed E-state index contributed by atoms with van der Waals surface area (Å²) in [5, 5.41) is 0. The monoisotopic (exact) mass is 347 g/mol. The summed E-state index contributed by atoms with van der Waals surface area (Å²) in [7, 11) is 0. The molecule has 0 heterocycles. The second-order valence-corrected chi connectivity index (χ2v) is 7.68. The van der Waals surface area contributed by atoms with E-state index in [1.807, 2.05) is 18.2 Å². The quantitative estimate of drug-likeness (QED) is 0.503. The number of rotatable bonds is 10. The lowest BCUT2D eigenvalue weighted by Gasteiger charge is -2.31. The van der Waals surface area contributed by atoms with Gasteiger partial charge < -0.3 is 4.90 Å². The van der Waals surface area contributed by atoms with E-state index in [0.717, 1.165) is 29.4 Å². The molecule has 1 aromatic rings. The second-order valence-electron chi connectivity index (χ2n) is 6.70. The van der Waals surface area contributed by atoms with Gasteiger partial charge in [0.05, 0.1) is 4.91 Å². The summed E-state index contributed by atoms with van der Waals surface area (Å²) < 4.78 is 0. The van der Waals surface area contributed by atoms with Crippen LogP contribution in [-0.2, 0) is 10.5 Å². The fraction of sp³-hybridized carbons (Fsp3) is 0.571. The molecule has 1 atom stereocenters. The van der Waals surface area contributed by atoms with Gasteiger partial charge in [-0.2, -0.15) is 0 Å². The molecule has 0 N–H and O–H groups in total. The summed E-state index contributed by atoms with van der Waals surface area (Å²) in [6.07, 6.45) is 1.17. The predicted molar refractivity (Wildman–Crippen MR) is 107 cm³/mol. The van der Waals surface area contributed by atoms with Crippen molar-refractivity contribution < 1.29 is 4.79 Å². The normalized spacial score (nSPS) is 13.6. The minimum Gasteiger partial charge on any atom is -0.374 e. The lowest BCUT2D eigenvalue weighted by molar-refractivity contribution is -0.113. The number of ketones is 1. The molecular formula is C21H33NOS. The van der Waals surface area contributed by atoms with E-state index in [9.17, 15) is 4.79 Å². The molecule has 0 aliphatic heterocycles. The highest BCUT2D eigenvalue weighted by molar-refractivity contribution is 8.03. The number of Topliss-reactive ketones (excluding diaryl/α,β-unsaturated/α-hetero) is 1. The molecule has 0 aromatic heterocycles. The molecule has 134 valence electrons. The maximum absolute atomic E-state index is 12.2.